The molecule has 0 spiro atoms. The first-order valence-electron chi connectivity index (χ1n) is 9.30. The standard InChI is InChI=1S/C22H25FN2O2/c1-16(2)25(15-18-6-4-3-5-7-18)21(27)22(12-13-22)20(26)24-14-17-8-10-19(23)11-9-17/h3-11,16H,12-15H2,1-2H3,(H,24,26). The van der Waals surface area contributed by atoms with Gasteiger partial charge in [-0.2, -0.15) is 0 Å². The van der Waals surface area contributed by atoms with E-state index in [2.05, 4.69) is 5.32 Å². The van der Waals surface area contributed by atoms with Crippen molar-refractivity contribution in [2.45, 2.75) is 45.8 Å². The molecule has 1 N–H and O–H groups in total. The van der Waals surface area contributed by atoms with Crippen LogP contribution in [0.5, 0.6) is 0 Å². The number of amides is 2. The molecule has 2 aromatic rings. The Kier molecular flexibility index (Phi) is 5.59. The van der Waals surface area contributed by atoms with E-state index in [9.17, 15) is 14.0 Å². The Bertz CT molecular complexity index is 799. The Balaban J connectivity index is 1.67. The van der Waals surface area contributed by atoms with Gasteiger partial charge in [-0.25, -0.2) is 4.39 Å². The normalized spacial score (nSPS) is 14.7. The predicted molar refractivity (Wildman–Crippen MR) is 102 cm³/mol. The van der Waals surface area contributed by atoms with E-state index in [4.69, 9.17) is 0 Å². The number of rotatable bonds is 7. The second kappa shape index (κ2) is 7.91. The van der Waals surface area contributed by atoms with Gasteiger partial charge in [-0.3, -0.25) is 9.59 Å². The van der Waals surface area contributed by atoms with E-state index in [-0.39, 0.29) is 30.2 Å². The van der Waals surface area contributed by atoms with Gasteiger partial charge < -0.3 is 10.2 Å². The van der Waals surface area contributed by atoms with Crippen LogP contribution in [0.2, 0.25) is 0 Å². The minimum Gasteiger partial charge on any atom is -0.351 e. The average Bonchev–Trinajstić information content (AvgIpc) is 3.47. The van der Waals surface area contributed by atoms with Crippen LogP contribution in [0, 0.1) is 11.2 Å². The molecular weight excluding hydrogens is 343 g/mol. The van der Waals surface area contributed by atoms with E-state index in [0.29, 0.717) is 19.4 Å². The van der Waals surface area contributed by atoms with Crippen LogP contribution < -0.4 is 5.32 Å². The van der Waals surface area contributed by atoms with Gasteiger partial charge in [-0.1, -0.05) is 42.5 Å². The second-order valence-corrected chi connectivity index (χ2v) is 7.40. The SMILES string of the molecule is CC(C)N(Cc1ccccc1)C(=O)C1(C(=O)NCc2ccc(F)cc2)CC1. The summed E-state index contributed by atoms with van der Waals surface area (Å²) in [4.78, 5) is 27.7. The number of benzene rings is 2. The van der Waals surface area contributed by atoms with Crippen LogP contribution in [-0.4, -0.2) is 22.8 Å². The molecule has 1 aliphatic carbocycles. The molecule has 1 saturated carbocycles. The lowest BCUT2D eigenvalue weighted by molar-refractivity contribution is -0.146. The highest BCUT2D eigenvalue weighted by atomic mass is 19.1. The van der Waals surface area contributed by atoms with Crippen LogP contribution in [-0.2, 0) is 22.7 Å². The lowest BCUT2D eigenvalue weighted by atomic mass is 10.0. The molecule has 142 valence electrons. The molecule has 4 nitrogen and oxygen atoms in total. The number of hydrogen-bond acceptors (Lipinski definition) is 2. The fraction of sp³-hybridized carbons (Fsp3) is 0.364. The molecule has 3 rings (SSSR count). The quantitative estimate of drug-likeness (QED) is 0.758. The molecule has 0 heterocycles. The smallest absolute Gasteiger partial charge is 0.238 e. The lowest BCUT2D eigenvalue weighted by Crippen LogP contribution is -2.47. The van der Waals surface area contributed by atoms with Crippen LogP contribution >= 0.6 is 0 Å². The first kappa shape index (κ1) is 19.1. The number of hydrogen-bond donors (Lipinski definition) is 1. The number of nitrogens with zero attached hydrogens (tertiary/aromatic N) is 1. The molecule has 1 fully saturated rings. The van der Waals surface area contributed by atoms with E-state index < -0.39 is 5.41 Å². The molecule has 27 heavy (non-hydrogen) atoms. The van der Waals surface area contributed by atoms with Gasteiger partial charge in [0.1, 0.15) is 11.2 Å². The molecule has 0 aliphatic heterocycles. The van der Waals surface area contributed by atoms with Gasteiger partial charge in [-0.15, -0.1) is 0 Å². The number of nitrogens with one attached hydrogen (secondary N) is 1. The Hall–Kier alpha value is -2.69. The second-order valence-electron chi connectivity index (χ2n) is 7.40. The largest absolute Gasteiger partial charge is 0.351 e. The van der Waals surface area contributed by atoms with E-state index in [1.807, 2.05) is 44.2 Å². The Morgan fingerprint density at radius 2 is 1.67 bits per heavy atom. The van der Waals surface area contributed by atoms with Crippen LogP contribution in [0.4, 0.5) is 4.39 Å². The Labute approximate surface area is 159 Å². The van der Waals surface area contributed by atoms with Crippen LogP contribution in [0.3, 0.4) is 0 Å². The van der Waals surface area contributed by atoms with Crippen molar-refractivity contribution >= 4 is 11.8 Å². The molecule has 0 bridgehead atoms. The summed E-state index contributed by atoms with van der Waals surface area (Å²) in [7, 11) is 0. The maximum atomic E-state index is 13.2. The highest BCUT2D eigenvalue weighted by Gasteiger charge is 2.58. The molecular formula is C22H25FN2O2. The molecule has 2 amide bonds. The van der Waals surface area contributed by atoms with Crippen molar-refractivity contribution in [1.29, 1.82) is 0 Å². The summed E-state index contributed by atoms with van der Waals surface area (Å²) < 4.78 is 13.0. The molecule has 0 radical (unpaired) electrons. The third-order valence-corrected chi connectivity index (χ3v) is 5.04. The van der Waals surface area contributed by atoms with Gasteiger partial charge >= 0.3 is 0 Å². The Morgan fingerprint density at radius 1 is 1.04 bits per heavy atom. The maximum absolute atomic E-state index is 13.2. The summed E-state index contributed by atoms with van der Waals surface area (Å²) >= 11 is 0. The van der Waals surface area contributed by atoms with Crippen molar-refractivity contribution in [2.24, 2.45) is 5.41 Å². The summed E-state index contributed by atoms with van der Waals surface area (Å²) in [5.74, 6) is -0.666. The number of carbonyl (C=O) groups excluding carboxylic acids is 2. The van der Waals surface area contributed by atoms with Crippen molar-refractivity contribution in [1.82, 2.24) is 10.2 Å². The minimum atomic E-state index is -0.959. The summed E-state index contributed by atoms with van der Waals surface area (Å²) in [5, 5.41) is 2.85. The highest BCUT2D eigenvalue weighted by Crippen LogP contribution is 2.48. The zero-order chi connectivity index (χ0) is 19.4. The lowest BCUT2D eigenvalue weighted by Gasteiger charge is -2.30. The summed E-state index contributed by atoms with van der Waals surface area (Å²) in [6.45, 7) is 4.71. The van der Waals surface area contributed by atoms with E-state index in [1.165, 1.54) is 12.1 Å². The minimum absolute atomic E-state index is 0.0000738. The van der Waals surface area contributed by atoms with Gasteiger partial charge in [0.2, 0.25) is 11.8 Å². The molecule has 5 heteroatoms. The van der Waals surface area contributed by atoms with E-state index in [1.54, 1.807) is 17.0 Å². The molecule has 0 aromatic heterocycles. The van der Waals surface area contributed by atoms with Crippen molar-refractivity contribution in [3.8, 4) is 0 Å². The summed E-state index contributed by atoms with van der Waals surface area (Å²) in [5.41, 5.74) is 0.888. The zero-order valence-electron chi connectivity index (χ0n) is 15.7. The monoisotopic (exact) mass is 368 g/mol. The van der Waals surface area contributed by atoms with Crippen LogP contribution in [0.1, 0.15) is 37.8 Å². The zero-order valence-corrected chi connectivity index (χ0v) is 15.7. The summed E-state index contributed by atoms with van der Waals surface area (Å²) in [6, 6.07) is 15.8. The average molecular weight is 368 g/mol. The van der Waals surface area contributed by atoms with Gasteiger partial charge in [-0.05, 0) is 49.9 Å². The predicted octanol–water partition coefficient (Wildman–Crippen LogP) is 3.66. The van der Waals surface area contributed by atoms with E-state index >= 15 is 0 Å². The molecule has 2 aromatic carbocycles. The first-order valence-corrected chi connectivity index (χ1v) is 9.30. The van der Waals surface area contributed by atoms with Gasteiger partial charge in [0.05, 0.1) is 0 Å². The fourth-order valence-corrected chi connectivity index (χ4v) is 3.16. The van der Waals surface area contributed by atoms with Crippen LogP contribution in [0.25, 0.3) is 0 Å². The summed E-state index contributed by atoms with van der Waals surface area (Å²) in [6.07, 6.45) is 1.14. The fourth-order valence-electron chi connectivity index (χ4n) is 3.16. The number of halogens is 1. The number of carbonyl (C=O) groups is 2. The third kappa shape index (κ3) is 4.35. The van der Waals surface area contributed by atoms with Crippen molar-refractivity contribution < 1.29 is 14.0 Å². The highest BCUT2D eigenvalue weighted by molar-refractivity contribution is 6.07. The van der Waals surface area contributed by atoms with Gasteiger partial charge in [0.15, 0.2) is 0 Å². The van der Waals surface area contributed by atoms with Crippen LogP contribution in [0.15, 0.2) is 54.6 Å². The van der Waals surface area contributed by atoms with Crippen molar-refractivity contribution in [2.75, 3.05) is 0 Å². The van der Waals surface area contributed by atoms with Gasteiger partial charge in [0, 0.05) is 19.1 Å². The van der Waals surface area contributed by atoms with E-state index in [0.717, 1.165) is 11.1 Å². The van der Waals surface area contributed by atoms with Crippen molar-refractivity contribution in [3.63, 3.8) is 0 Å². The molecule has 0 unspecified atom stereocenters. The topological polar surface area (TPSA) is 49.4 Å². The maximum Gasteiger partial charge on any atom is 0.238 e. The Morgan fingerprint density at radius 3 is 2.22 bits per heavy atom. The first-order chi connectivity index (χ1) is 12.9. The molecule has 0 saturated heterocycles. The molecule has 1 aliphatic rings. The molecule has 0 atom stereocenters. The van der Waals surface area contributed by atoms with Gasteiger partial charge in [0.25, 0.3) is 0 Å². The van der Waals surface area contributed by atoms with Crippen molar-refractivity contribution in [3.05, 3.63) is 71.5 Å². The third-order valence-electron chi connectivity index (χ3n) is 5.04.